The van der Waals surface area contributed by atoms with Crippen LogP contribution in [0, 0.1) is 0 Å². The molecule has 34 heavy (non-hydrogen) atoms. The third-order valence-electron chi connectivity index (χ3n) is 6.11. The Kier molecular flexibility index (Phi) is 7.49. The Hall–Kier alpha value is -3.36. The predicted octanol–water partition coefficient (Wildman–Crippen LogP) is 3.78. The van der Waals surface area contributed by atoms with Crippen LogP contribution >= 0.6 is 0 Å². The maximum absolute atomic E-state index is 12.7. The van der Waals surface area contributed by atoms with Crippen molar-refractivity contribution in [2.45, 2.75) is 19.9 Å². The summed E-state index contributed by atoms with van der Waals surface area (Å²) in [4.78, 5) is 15.0. The van der Waals surface area contributed by atoms with Crippen molar-refractivity contribution in [3.05, 3.63) is 53.2 Å². The molecule has 1 aromatic heterocycles. The predicted molar refractivity (Wildman–Crippen MR) is 129 cm³/mol. The quantitative estimate of drug-likeness (QED) is 0.542. The fourth-order valence-corrected chi connectivity index (χ4v) is 4.23. The molecule has 2 heterocycles. The summed E-state index contributed by atoms with van der Waals surface area (Å²) in [6, 6.07) is 12.0. The van der Waals surface area contributed by atoms with Gasteiger partial charge in [0.05, 0.1) is 38.6 Å². The van der Waals surface area contributed by atoms with E-state index < -0.39 is 0 Å². The Morgan fingerprint density at radius 1 is 1.09 bits per heavy atom. The first-order valence-electron chi connectivity index (χ1n) is 11.5. The fourth-order valence-electron chi connectivity index (χ4n) is 4.23. The van der Waals surface area contributed by atoms with Crippen LogP contribution in [-0.4, -0.2) is 63.5 Å². The summed E-state index contributed by atoms with van der Waals surface area (Å²) < 4.78 is 22.4. The first kappa shape index (κ1) is 23.8. The molecule has 1 saturated heterocycles. The number of benzene rings is 2. The Morgan fingerprint density at radius 2 is 1.79 bits per heavy atom. The Morgan fingerprint density at radius 3 is 2.41 bits per heavy atom. The van der Waals surface area contributed by atoms with Crippen molar-refractivity contribution in [1.29, 1.82) is 0 Å². The average Bonchev–Trinajstić information content (AvgIpc) is 3.33. The molecule has 4 rings (SSSR count). The molecule has 0 saturated carbocycles. The van der Waals surface area contributed by atoms with Crippen molar-refractivity contribution >= 4 is 5.91 Å². The Bertz CT molecular complexity index is 1130. The SMILES string of the molecule is CCc1cc(-c2onc(C(=O)NC)c2-c2ccc(CN3CCOCC3)cc2)c(OC)cc1OC. The number of morpholine rings is 1. The van der Waals surface area contributed by atoms with Gasteiger partial charge >= 0.3 is 0 Å². The summed E-state index contributed by atoms with van der Waals surface area (Å²) >= 11 is 0. The number of hydrogen-bond donors (Lipinski definition) is 1. The molecule has 0 radical (unpaired) electrons. The lowest BCUT2D eigenvalue weighted by atomic mass is 9.96. The summed E-state index contributed by atoms with van der Waals surface area (Å²) in [6.07, 6.45) is 0.766. The molecule has 1 N–H and O–H groups in total. The van der Waals surface area contributed by atoms with E-state index in [-0.39, 0.29) is 11.6 Å². The van der Waals surface area contributed by atoms with Crippen LogP contribution in [0.2, 0.25) is 0 Å². The van der Waals surface area contributed by atoms with Gasteiger partial charge in [-0.2, -0.15) is 0 Å². The van der Waals surface area contributed by atoms with Gasteiger partial charge in [0.15, 0.2) is 11.5 Å². The summed E-state index contributed by atoms with van der Waals surface area (Å²) in [5.74, 6) is 1.49. The first-order valence-corrected chi connectivity index (χ1v) is 11.5. The first-order chi connectivity index (χ1) is 16.6. The van der Waals surface area contributed by atoms with Crippen molar-refractivity contribution in [2.75, 3.05) is 47.6 Å². The van der Waals surface area contributed by atoms with Gasteiger partial charge in [0.2, 0.25) is 0 Å². The van der Waals surface area contributed by atoms with E-state index in [4.69, 9.17) is 18.7 Å². The number of rotatable bonds is 8. The van der Waals surface area contributed by atoms with Gasteiger partial charge in [-0.3, -0.25) is 9.69 Å². The second-order valence-corrected chi connectivity index (χ2v) is 8.12. The number of amides is 1. The molecular formula is C26H31N3O5. The van der Waals surface area contributed by atoms with Crippen LogP contribution in [0.1, 0.15) is 28.5 Å². The molecule has 0 atom stereocenters. The molecule has 0 unspecified atom stereocenters. The van der Waals surface area contributed by atoms with Gasteiger partial charge in [0.1, 0.15) is 11.5 Å². The second-order valence-electron chi connectivity index (χ2n) is 8.12. The topological polar surface area (TPSA) is 86.1 Å². The number of nitrogens with zero attached hydrogens (tertiary/aromatic N) is 2. The lowest BCUT2D eigenvalue weighted by Gasteiger charge is -2.26. The zero-order valence-corrected chi connectivity index (χ0v) is 20.1. The number of ether oxygens (including phenoxy) is 3. The number of aromatic nitrogens is 1. The van der Waals surface area contributed by atoms with Crippen molar-refractivity contribution in [2.24, 2.45) is 0 Å². The standard InChI is InChI=1S/C26H31N3O5/c1-5-18-14-20(22(32-4)15-21(18)31-3)25-23(24(28-34-25)26(30)27-2)19-8-6-17(7-9-19)16-29-10-12-33-13-11-29/h6-9,14-15H,5,10-13,16H2,1-4H3,(H,27,30). The number of nitrogens with one attached hydrogen (secondary N) is 1. The van der Waals surface area contributed by atoms with Crippen LogP contribution in [0.4, 0.5) is 0 Å². The van der Waals surface area contributed by atoms with Crippen molar-refractivity contribution in [1.82, 2.24) is 15.4 Å². The highest BCUT2D eigenvalue weighted by molar-refractivity contribution is 6.02. The van der Waals surface area contributed by atoms with Crippen LogP contribution in [0.15, 0.2) is 40.9 Å². The molecule has 3 aromatic rings. The minimum absolute atomic E-state index is 0.231. The van der Waals surface area contributed by atoms with Crippen LogP contribution in [0.5, 0.6) is 11.5 Å². The smallest absolute Gasteiger partial charge is 0.273 e. The van der Waals surface area contributed by atoms with E-state index in [9.17, 15) is 4.79 Å². The summed E-state index contributed by atoms with van der Waals surface area (Å²) in [6.45, 7) is 6.29. The van der Waals surface area contributed by atoms with E-state index in [1.54, 1.807) is 21.3 Å². The maximum Gasteiger partial charge on any atom is 0.273 e. The summed E-state index contributed by atoms with van der Waals surface area (Å²) in [5.41, 5.74) is 4.62. The minimum Gasteiger partial charge on any atom is -0.496 e. The van der Waals surface area contributed by atoms with Gasteiger partial charge in [-0.1, -0.05) is 36.3 Å². The Labute approximate surface area is 199 Å². The van der Waals surface area contributed by atoms with Gasteiger partial charge in [-0.25, -0.2) is 0 Å². The average molecular weight is 466 g/mol. The van der Waals surface area contributed by atoms with Gasteiger partial charge in [-0.15, -0.1) is 0 Å². The molecule has 0 spiro atoms. The highest BCUT2D eigenvalue weighted by Crippen LogP contribution is 2.42. The molecule has 8 heteroatoms. The fraction of sp³-hybridized carbons (Fsp3) is 0.385. The van der Waals surface area contributed by atoms with Crippen molar-refractivity contribution < 1.29 is 23.5 Å². The molecule has 1 aliphatic heterocycles. The summed E-state index contributed by atoms with van der Waals surface area (Å²) in [5, 5.41) is 6.79. The monoisotopic (exact) mass is 465 g/mol. The molecule has 2 aromatic carbocycles. The molecule has 0 aliphatic carbocycles. The molecule has 180 valence electrons. The highest BCUT2D eigenvalue weighted by atomic mass is 16.5. The second kappa shape index (κ2) is 10.7. The number of carbonyl (C=O) groups is 1. The van der Waals surface area contributed by atoms with E-state index in [1.807, 2.05) is 24.3 Å². The number of aryl methyl sites for hydroxylation is 1. The largest absolute Gasteiger partial charge is 0.496 e. The van der Waals surface area contributed by atoms with Crippen LogP contribution < -0.4 is 14.8 Å². The third kappa shape index (κ3) is 4.78. The van der Waals surface area contributed by atoms with Crippen molar-refractivity contribution in [3.8, 4) is 33.9 Å². The molecule has 0 bridgehead atoms. The highest BCUT2D eigenvalue weighted by Gasteiger charge is 2.27. The van der Waals surface area contributed by atoms with Gasteiger partial charge in [-0.05, 0) is 29.2 Å². The maximum atomic E-state index is 12.7. The normalized spacial score (nSPS) is 14.1. The van der Waals surface area contributed by atoms with Gasteiger partial charge < -0.3 is 24.1 Å². The molecule has 1 aliphatic rings. The number of hydrogen-bond acceptors (Lipinski definition) is 7. The molecule has 1 fully saturated rings. The van der Waals surface area contributed by atoms with E-state index >= 15 is 0 Å². The lowest BCUT2D eigenvalue weighted by Crippen LogP contribution is -2.35. The van der Waals surface area contributed by atoms with Gasteiger partial charge in [0.25, 0.3) is 5.91 Å². The van der Waals surface area contributed by atoms with Crippen LogP contribution in [-0.2, 0) is 17.7 Å². The zero-order valence-electron chi connectivity index (χ0n) is 20.1. The van der Waals surface area contributed by atoms with E-state index in [0.29, 0.717) is 17.1 Å². The van der Waals surface area contributed by atoms with Crippen LogP contribution in [0.25, 0.3) is 22.5 Å². The summed E-state index contributed by atoms with van der Waals surface area (Å²) in [7, 11) is 4.81. The molecule has 1 amide bonds. The number of methoxy groups -OCH3 is 2. The third-order valence-corrected chi connectivity index (χ3v) is 6.11. The van der Waals surface area contributed by atoms with E-state index in [2.05, 4.69) is 34.4 Å². The lowest BCUT2D eigenvalue weighted by molar-refractivity contribution is 0.0342. The van der Waals surface area contributed by atoms with E-state index in [0.717, 1.165) is 61.7 Å². The zero-order chi connectivity index (χ0) is 24.1. The van der Waals surface area contributed by atoms with Crippen molar-refractivity contribution in [3.63, 3.8) is 0 Å². The Balaban J connectivity index is 1.77. The van der Waals surface area contributed by atoms with Gasteiger partial charge in [0, 0.05) is 32.7 Å². The van der Waals surface area contributed by atoms with E-state index in [1.165, 1.54) is 5.56 Å². The number of carbonyl (C=O) groups excluding carboxylic acids is 1. The molecule has 8 nitrogen and oxygen atoms in total. The minimum atomic E-state index is -0.314. The van der Waals surface area contributed by atoms with Crippen LogP contribution in [0.3, 0.4) is 0 Å². The molecular weight excluding hydrogens is 434 g/mol.